The highest BCUT2D eigenvalue weighted by molar-refractivity contribution is 7.15. The second-order valence-corrected chi connectivity index (χ2v) is 6.05. The lowest BCUT2D eigenvalue weighted by atomic mass is 10.0. The number of nitrogen functional groups attached to an aromatic ring is 1. The molecule has 0 spiro atoms. The zero-order valence-corrected chi connectivity index (χ0v) is 12.7. The highest BCUT2D eigenvalue weighted by atomic mass is 35.5. The quantitative estimate of drug-likeness (QED) is 0.917. The summed E-state index contributed by atoms with van der Waals surface area (Å²) >= 11 is 7.60. The highest BCUT2D eigenvalue weighted by Crippen LogP contribution is 2.31. The molecule has 0 radical (unpaired) electrons. The summed E-state index contributed by atoms with van der Waals surface area (Å²) in [5, 5.41) is 1.45. The molecule has 2 aromatic rings. The molecule has 6 heteroatoms. The van der Waals surface area contributed by atoms with E-state index < -0.39 is 0 Å². The minimum Gasteiger partial charge on any atom is -0.375 e. The predicted octanol–water partition coefficient (Wildman–Crippen LogP) is 3.75. The van der Waals surface area contributed by atoms with Crippen molar-refractivity contribution in [3.8, 4) is 0 Å². The molecule has 0 saturated heterocycles. The van der Waals surface area contributed by atoms with Crippen molar-refractivity contribution < 1.29 is 0 Å². The van der Waals surface area contributed by atoms with Crippen molar-refractivity contribution in [3.05, 3.63) is 39.9 Å². The summed E-state index contributed by atoms with van der Waals surface area (Å²) < 4.78 is 0. The Bertz CT molecular complexity index is 571. The van der Waals surface area contributed by atoms with Crippen molar-refractivity contribution >= 4 is 46.2 Å². The molecule has 1 aliphatic rings. The van der Waals surface area contributed by atoms with Gasteiger partial charge < -0.3 is 10.6 Å². The van der Waals surface area contributed by atoms with Crippen molar-refractivity contribution in [2.24, 2.45) is 0 Å². The van der Waals surface area contributed by atoms with Crippen LogP contribution >= 0.6 is 35.3 Å². The van der Waals surface area contributed by atoms with Crippen LogP contribution in [0.15, 0.2) is 24.4 Å². The average molecular weight is 316 g/mol. The zero-order chi connectivity index (χ0) is 12.5. The van der Waals surface area contributed by atoms with Crippen LogP contribution in [0.3, 0.4) is 0 Å². The molecule has 102 valence electrons. The third-order valence-corrected chi connectivity index (χ3v) is 4.22. The van der Waals surface area contributed by atoms with Crippen molar-refractivity contribution in [2.45, 2.75) is 19.4 Å². The number of nitrogens with two attached hydrogens (primary N) is 1. The Morgan fingerprint density at radius 1 is 1.42 bits per heavy atom. The van der Waals surface area contributed by atoms with Crippen LogP contribution in [0, 0.1) is 0 Å². The summed E-state index contributed by atoms with van der Waals surface area (Å²) in [6.07, 6.45) is 4.14. The number of aromatic nitrogens is 1. The van der Waals surface area contributed by atoms with E-state index in [9.17, 15) is 0 Å². The van der Waals surface area contributed by atoms with Crippen LogP contribution in [0.25, 0.3) is 0 Å². The van der Waals surface area contributed by atoms with Gasteiger partial charge in [-0.05, 0) is 36.6 Å². The average Bonchev–Trinajstić information content (AvgIpc) is 2.75. The number of nitrogens with zero attached hydrogens (tertiary/aromatic N) is 2. The van der Waals surface area contributed by atoms with Crippen LogP contribution in [0.4, 0.5) is 10.8 Å². The SMILES string of the molecule is Cl.Nc1ncc(CN2CCCc3cc(Cl)ccc32)s1. The van der Waals surface area contributed by atoms with Gasteiger partial charge >= 0.3 is 0 Å². The smallest absolute Gasteiger partial charge is 0.180 e. The Morgan fingerprint density at radius 3 is 3.00 bits per heavy atom. The second-order valence-electron chi connectivity index (χ2n) is 4.46. The first-order chi connectivity index (χ1) is 8.72. The van der Waals surface area contributed by atoms with Crippen LogP contribution in [0.2, 0.25) is 5.02 Å². The number of hydrogen-bond donors (Lipinski definition) is 1. The monoisotopic (exact) mass is 315 g/mol. The number of benzene rings is 1. The summed E-state index contributed by atoms with van der Waals surface area (Å²) in [7, 11) is 0. The van der Waals surface area contributed by atoms with Crippen molar-refractivity contribution in [2.75, 3.05) is 17.2 Å². The van der Waals surface area contributed by atoms with Crippen molar-refractivity contribution in [3.63, 3.8) is 0 Å². The van der Waals surface area contributed by atoms with Crippen LogP contribution in [-0.4, -0.2) is 11.5 Å². The Labute approximate surface area is 127 Å². The number of halogens is 2. The molecule has 19 heavy (non-hydrogen) atoms. The molecule has 0 atom stereocenters. The van der Waals surface area contributed by atoms with Gasteiger partial charge in [0.15, 0.2) is 5.13 Å². The van der Waals surface area contributed by atoms with E-state index in [1.165, 1.54) is 22.5 Å². The molecule has 2 heterocycles. The Hall–Kier alpha value is -0.970. The first-order valence-corrected chi connectivity index (χ1v) is 7.15. The number of hydrogen-bond acceptors (Lipinski definition) is 4. The second kappa shape index (κ2) is 5.99. The Kier molecular flexibility index (Phi) is 4.55. The van der Waals surface area contributed by atoms with E-state index in [1.54, 1.807) is 11.3 Å². The predicted molar refractivity (Wildman–Crippen MR) is 84.6 cm³/mol. The van der Waals surface area contributed by atoms with Gasteiger partial charge in [-0.25, -0.2) is 4.98 Å². The standard InChI is InChI=1S/C13H14ClN3S.ClH/c14-10-3-4-12-9(6-10)2-1-5-17(12)8-11-7-16-13(15)18-11;/h3-4,6-7H,1-2,5,8H2,(H2,15,16);1H. The molecule has 0 bridgehead atoms. The molecule has 1 aliphatic heterocycles. The van der Waals surface area contributed by atoms with Gasteiger partial charge in [0, 0.05) is 28.3 Å². The van der Waals surface area contributed by atoms with Gasteiger partial charge in [-0.2, -0.15) is 0 Å². The van der Waals surface area contributed by atoms with Crippen molar-refractivity contribution in [1.82, 2.24) is 4.98 Å². The van der Waals surface area contributed by atoms with Gasteiger partial charge in [0.1, 0.15) is 0 Å². The van der Waals surface area contributed by atoms with E-state index in [4.69, 9.17) is 17.3 Å². The molecular weight excluding hydrogens is 301 g/mol. The highest BCUT2D eigenvalue weighted by Gasteiger charge is 2.17. The minimum atomic E-state index is 0. The fraction of sp³-hybridized carbons (Fsp3) is 0.308. The van der Waals surface area contributed by atoms with Gasteiger partial charge in [-0.15, -0.1) is 23.7 Å². The third kappa shape index (κ3) is 3.14. The van der Waals surface area contributed by atoms with Gasteiger partial charge in [-0.1, -0.05) is 11.6 Å². The molecule has 3 nitrogen and oxygen atoms in total. The van der Waals surface area contributed by atoms with E-state index in [1.807, 2.05) is 12.3 Å². The topological polar surface area (TPSA) is 42.1 Å². The molecule has 0 fully saturated rings. The van der Waals surface area contributed by atoms with Gasteiger partial charge in [-0.3, -0.25) is 0 Å². The van der Waals surface area contributed by atoms with Crippen molar-refractivity contribution in [1.29, 1.82) is 0 Å². The Balaban J connectivity index is 0.00000133. The van der Waals surface area contributed by atoms with E-state index in [2.05, 4.69) is 22.0 Å². The van der Waals surface area contributed by atoms with Gasteiger partial charge in [0.2, 0.25) is 0 Å². The number of aryl methyl sites for hydroxylation is 1. The fourth-order valence-corrected chi connectivity index (χ4v) is 3.29. The third-order valence-electron chi connectivity index (χ3n) is 3.17. The maximum atomic E-state index is 6.04. The normalized spacial score (nSPS) is 13.8. The maximum absolute atomic E-state index is 6.04. The molecule has 1 aromatic heterocycles. The van der Waals surface area contributed by atoms with Gasteiger partial charge in [0.05, 0.1) is 6.54 Å². The van der Waals surface area contributed by atoms with Crippen LogP contribution in [0.1, 0.15) is 16.9 Å². The summed E-state index contributed by atoms with van der Waals surface area (Å²) in [4.78, 5) is 7.68. The lowest BCUT2D eigenvalue weighted by Crippen LogP contribution is -2.28. The zero-order valence-electron chi connectivity index (χ0n) is 10.3. The fourth-order valence-electron chi connectivity index (χ4n) is 2.39. The van der Waals surface area contributed by atoms with Gasteiger partial charge in [0.25, 0.3) is 0 Å². The van der Waals surface area contributed by atoms with E-state index in [-0.39, 0.29) is 12.4 Å². The lowest BCUT2D eigenvalue weighted by molar-refractivity contribution is 0.694. The largest absolute Gasteiger partial charge is 0.375 e. The summed E-state index contributed by atoms with van der Waals surface area (Å²) in [5.41, 5.74) is 8.30. The number of fused-ring (bicyclic) bond motifs is 1. The van der Waals surface area contributed by atoms with Crippen LogP contribution in [0.5, 0.6) is 0 Å². The molecule has 3 rings (SSSR count). The summed E-state index contributed by atoms with van der Waals surface area (Å²) in [5.74, 6) is 0. The van der Waals surface area contributed by atoms with Crippen LogP contribution in [-0.2, 0) is 13.0 Å². The number of thiazole rings is 1. The molecular formula is C13H15Cl2N3S. The maximum Gasteiger partial charge on any atom is 0.180 e. The molecule has 0 unspecified atom stereocenters. The molecule has 2 N–H and O–H groups in total. The number of anilines is 2. The summed E-state index contributed by atoms with van der Waals surface area (Å²) in [6.45, 7) is 1.95. The molecule has 0 saturated carbocycles. The van der Waals surface area contributed by atoms with Crippen LogP contribution < -0.4 is 10.6 Å². The summed E-state index contributed by atoms with van der Waals surface area (Å²) in [6, 6.07) is 6.14. The number of rotatable bonds is 2. The first kappa shape index (κ1) is 14.4. The lowest BCUT2D eigenvalue weighted by Gasteiger charge is -2.31. The van der Waals surface area contributed by atoms with E-state index in [0.29, 0.717) is 5.13 Å². The van der Waals surface area contributed by atoms with E-state index >= 15 is 0 Å². The molecule has 0 amide bonds. The minimum absolute atomic E-state index is 0. The molecule has 0 aliphatic carbocycles. The first-order valence-electron chi connectivity index (χ1n) is 5.96. The Morgan fingerprint density at radius 2 is 2.26 bits per heavy atom. The van der Waals surface area contributed by atoms with E-state index in [0.717, 1.165) is 24.5 Å². The molecule has 1 aromatic carbocycles.